The fourth-order valence-electron chi connectivity index (χ4n) is 1.94. The van der Waals surface area contributed by atoms with Crippen molar-refractivity contribution in [2.75, 3.05) is 0 Å². The second-order valence-corrected chi connectivity index (χ2v) is 5.51. The predicted molar refractivity (Wildman–Crippen MR) is 80.7 cm³/mol. The Bertz CT molecular complexity index is 625. The summed E-state index contributed by atoms with van der Waals surface area (Å²) < 4.78 is 7.35. The van der Waals surface area contributed by atoms with E-state index in [-0.39, 0.29) is 18.2 Å². The van der Waals surface area contributed by atoms with Crippen molar-refractivity contribution in [1.29, 1.82) is 0 Å². The maximum absolute atomic E-state index is 12.2. The maximum Gasteiger partial charge on any atom is 0.180 e. The van der Waals surface area contributed by atoms with E-state index in [1.807, 2.05) is 13.8 Å². The number of hydrogen-bond acceptors (Lipinski definition) is 4. The van der Waals surface area contributed by atoms with Gasteiger partial charge in [0.2, 0.25) is 0 Å². The van der Waals surface area contributed by atoms with Crippen molar-refractivity contribution in [2.24, 2.45) is 0 Å². The zero-order chi connectivity index (χ0) is 15.4. The van der Waals surface area contributed by atoms with Crippen LogP contribution in [-0.4, -0.2) is 26.7 Å². The summed E-state index contributed by atoms with van der Waals surface area (Å²) in [5, 5.41) is 4.69. The van der Waals surface area contributed by atoms with Gasteiger partial charge in [-0.2, -0.15) is 5.10 Å². The molecule has 0 aliphatic rings. The van der Waals surface area contributed by atoms with Crippen LogP contribution in [0.4, 0.5) is 0 Å². The van der Waals surface area contributed by atoms with Crippen LogP contribution in [0.15, 0.2) is 30.6 Å². The van der Waals surface area contributed by atoms with E-state index in [2.05, 4.69) is 10.1 Å². The van der Waals surface area contributed by atoms with E-state index >= 15 is 0 Å². The van der Waals surface area contributed by atoms with E-state index in [1.54, 1.807) is 35.9 Å². The monoisotopic (exact) mass is 307 g/mol. The van der Waals surface area contributed by atoms with E-state index in [0.717, 1.165) is 0 Å². The van der Waals surface area contributed by atoms with Gasteiger partial charge in [0.15, 0.2) is 11.9 Å². The summed E-state index contributed by atoms with van der Waals surface area (Å²) in [6.07, 6.45) is 1.09. The van der Waals surface area contributed by atoms with Gasteiger partial charge < -0.3 is 4.74 Å². The lowest BCUT2D eigenvalue weighted by atomic mass is 10.2. The van der Waals surface area contributed by atoms with Crippen molar-refractivity contribution in [3.63, 3.8) is 0 Å². The first-order valence-electron chi connectivity index (χ1n) is 6.80. The highest BCUT2D eigenvalue weighted by molar-refractivity contribution is 6.30. The second kappa shape index (κ2) is 6.72. The van der Waals surface area contributed by atoms with Crippen molar-refractivity contribution < 1.29 is 9.53 Å². The molecule has 0 spiro atoms. The molecule has 0 bridgehead atoms. The average Bonchev–Trinajstić information content (AvgIpc) is 2.87. The number of ether oxygens (including phenoxy) is 1. The molecule has 0 aliphatic heterocycles. The molecule has 112 valence electrons. The van der Waals surface area contributed by atoms with Gasteiger partial charge in [-0.05, 0) is 39.0 Å². The van der Waals surface area contributed by atoms with Gasteiger partial charge in [0.05, 0.1) is 6.42 Å². The third-order valence-corrected chi connectivity index (χ3v) is 3.27. The molecule has 21 heavy (non-hydrogen) atoms. The van der Waals surface area contributed by atoms with Crippen LogP contribution >= 0.6 is 11.6 Å². The van der Waals surface area contributed by atoms with Crippen LogP contribution in [0.5, 0.6) is 5.75 Å². The lowest BCUT2D eigenvalue weighted by Gasteiger charge is -2.14. The van der Waals surface area contributed by atoms with Crippen LogP contribution in [-0.2, 0) is 11.2 Å². The zero-order valence-electron chi connectivity index (χ0n) is 12.3. The fraction of sp³-hybridized carbons (Fsp3) is 0.400. The number of carbonyl (C=O) groups excluding carboxylic acids is 1. The summed E-state index contributed by atoms with van der Waals surface area (Å²) in [6.45, 7) is 5.71. The summed E-state index contributed by atoms with van der Waals surface area (Å²) in [4.78, 5) is 16.4. The van der Waals surface area contributed by atoms with Gasteiger partial charge in [0.25, 0.3) is 0 Å². The molecular formula is C15H18ClN3O2. The molecule has 1 aromatic carbocycles. The minimum Gasteiger partial charge on any atom is -0.483 e. The molecule has 0 saturated carbocycles. The van der Waals surface area contributed by atoms with Crippen LogP contribution in [0.2, 0.25) is 5.02 Å². The standard InChI is InChI=1S/C15H18ClN3O2/c1-10(2)19-15(17-9-18-19)8-14(20)11(3)21-13-6-4-5-12(16)7-13/h4-7,9-11H,8H2,1-3H3. The van der Waals surface area contributed by atoms with E-state index < -0.39 is 6.10 Å². The Morgan fingerprint density at radius 2 is 2.14 bits per heavy atom. The molecule has 0 saturated heterocycles. The van der Waals surface area contributed by atoms with Gasteiger partial charge in [-0.25, -0.2) is 9.67 Å². The van der Waals surface area contributed by atoms with Crippen LogP contribution in [0, 0.1) is 0 Å². The Morgan fingerprint density at radius 1 is 1.38 bits per heavy atom. The molecule has 1 aromatic heterocycles. The minimum atomic E-state index is -0.569. The van der Waals surface area contributed by atoms with Gasteiger partial charge in [0, 0.05) is 11.1 Å². The third kappa shape index (κ3) is 4.04. The normalized spacial score (nSPS) is 12.4. The van der Waals surface area contributed by atoms with Crippen molar-refractivity contribution in [3.8, 4) is 5.75 Å². The maximum atomic E-state index is 12.2. The third-order valence-electron chi connectivity index (χ3n) is 3.03. The van der Waals surface area contributed by atoms with E-state index in [1.165, 1.54) is 6.33 Å². The van der Waals surface area contributed by atoms with Crippen molar-refractivity contribution in [1.82, 2.24) is 14.8 Å². The summed E-state index contributed by atoms with van der Waals surface area (Å²) in [5.74, 6) is 1.18. The van der Waals surface area contributed by atoms with E-state index in [9.17, 15) is 4.79 Å². The molecule has 0 N–H and O–H groups in total. The first-order chi connectivity index (χ1) is 9.97. The lowest BCUT2D eigenvalue weighted by Crippen LogP contribution is -2.27. The number of nitrogens with zero attached hydrogens (tertiary/aromatic N) is 3. The predicted octanol–water partition coefficient (Wildman–Crippen LogP) is 3.09. The number of hydrogen-bond donors (Lipinski definition) is 0. The number of ketones is 1. The molecular weight excluding hydrogens is 290 g/mol. The van der Waals surface area contributed by atoms with Crippen LogP contribution < -0.4 is 4.74 Å². The number of carbonyl (C=O) groups is 1. The summed E-state index contributed by atoms with van der Waals surface area (Å²) in [6, 6.07) is 7.16. The van der Waals surface area contributed by atoms with Crippen molar-refractivity contribution >= 4 is 17.4 Å². The minimum absolute atomic E-state index is 0.0510. The Balaban J connectivity index is 2.01. The molecule has 0 fully saturated rings. The zero-order valence-corrected chi connectivity index (χ0v) is 13.0. The number of rotatable bonds is 6. The average molecular weight is 308 g/mol. The molecule has 2 aromatic rings. The summed E-state index contributed by atoms with van der Waals surface area (Å²) in [7, 11) is 0. The van der Waals surface area contributed by atoms with Crippen LogP contribution in [0.25, 0.3) is 0 Å². The molecule has 5 nitrogen and oxygen atoms in total. The van der Waals surface area contributed by atoms with Gasteiger partial charge in [-0.1, -0.05) is 17.7 Å². The highest BCUT2D eigenvalue weighted by Crippen LogP contribution is 2.19. The molecule has 1 unspecified atom stereocenters. The lowest BCUT2D eigenvalue weighted by molar-refractivity contribution is -0.124. The molecule has 6 heteroatoms. The molecule has 0 aliphatic carbocycles. The van der Waals surface area contributed by atoms with Crippen molar-refractivity contribution in [2.45, 2.75) is 39.3 Å². The Kier molecular flexibility index (Phi) is 4.96. The molecule has 0 radical (unpaired) electrons. The molecule has 1 heterocycles. The number of aromatic nitrogens is 3. The highest BCUT2D eigenvalue weighted by atomic mass is 35.5. The number of halogens is 1. The first-order valence-corrected chi connectivity index (χ1v) is 7.18. The molecule has 0 amide bonds. The SMILES string of the molecule is CC(Oc1cccc(Cl)c1)C(=O)Cc1ncnn1C(C)C. The Hall–Kier alpha value is -1.88. The van der Waals surface area contributed by atoms with Crippen LogP contribution in [0.1, 0.15) is 32.6 Å². The van der Waals surface area contributed by atoms with Gasteiger partial charge in [0.1, 0.15) is 17.9 Å². The smallest absolute Gasteiger partial charge is 0.180 e. The molecule has 1 atom stereocenters. The van der Waals surface area contributed by atoms with Gasteiger partial charge in [-0.15, -0.1) is 0 Å². The quantitative estimate of drug-likeness (QED) is 0.823. The fourth-order valence-corrected chi connectivity index (χ4v) is 2.12. The van der Waals surface area contributed by atoms with Gasteiger partial charge >= 0.3 is 0 Å². The number of Topliss-reactive ketones (excluding diaryl/α,β-unsaturated/α-hetero) is 1. The Morgan fingerprint density at radius 3 is 2.81 bits per heavy atom. The second-order valence-electron chi connectivity index (χ2n) is 5.08. The van der Waals surface area contributed by atoms with Gasteiger partial charge in [-0.3, -0.25) is 4.79 Å². The Labute approximate surface area is 128 Å². The highest BCUT2D eigenvalue weighted by Gasteiger charge is 2.19. The topological polar surface area (TPSA) is 57.0 Å². The summed E-state index contributed by atoms with van der Waals surface area (Å²) in [5.41, 5.74) is 0. The summed E-state index contributed by atoms with van der Waals surface area (Å²) >= 11 is 5.89. The number of benzene rings is 1. The molecule has 2 rings (SSSR count). The van der Waals surface area contributed by atoms with E-state index in [0.29, 0.717) is 16.6 Å². The van der Waals surface area contributed by atoms with Crippen molar-refractivity contribution in [3.05, 3.63) is 41.4 Å². The van der Waals surface area contributed by atoms with Crippen LogP contribution in [0.3, 0.4) is 0 Å². The first kappa shape index (κ1) is 15.5. The van der Waals surface area contributed by atoms with E-state index in [4.69, 9.17) is 16.3 Å². The largest absolute Gasteiger partial charge is 0.483 e.